The number of carbonyl (C=O) groups is 3. The van der Waals surface area contributed by atoms with Gasteiger partial charge in [0.1, 0.15) is 5.54 Å². The Morgan fingerprint density at radius 3 is 2.27 bits per heavy atom. The Morgan fingerprint density at radius 2 is 1.58 bits per heavy atom. The Hall–Kier alpha value is -3.29. The zero-order chi connectivity index (χ0) is 23.0. The Balaban J connectivity index is 1.68. The van der Waals surface area contributed by atoms with E-state index in [1.165, 1.54) is 5.01 Å². The summed E-state index contributed by atoms with van der Waals surface area (Å²) >= 11 is 3.63. The van der Waals surface area contributed by atoms with Crippen molar-refractivity contribution in [1.82, 2.24) is 15.3 Å². The van der Waals surface area contributed by atoms with Gasteiger partial charge in [0.05, 0.1) is 6.04 Å². The lowest BCUT2D eigenvalue weighted by Crippen LogP contribution is -2.59. The molecule has 166 valence electrons. The van der Waals surface area contributed by atoms with Crippen LogP contribution in [0.15, 0.2) is 89.4 Å². The van der Waals surface area contributed by atoms with Crippen LogP contribution in [0.4, 0.5) is 0 Å². The summed E-state index contributed by atoms with van der Waals surface area (Å²) in [6.45, 7) is 0.411. The van der Waals surface area contributed by atoms with Crippen LogP contribution in [0.5, 0.6) is 0 Å². The van der Waals surface area contributed by atoms with Crippen LogP contribution < -0.4 is 5.32 Å². The molecule has 0 aromatic heterocycles. The van der Waals surface area contributed by atoms with Gasteiger partial charge in [-0.2, -0.15) is 0 Å². The number of hydrogen-bond acceptors (Lipinski definition) is 4. The zero-order valence-electron chi connectivity index (χ0n) is 17.8. The molecule has 3 amide bonds. The number of hydrogen-bond donors (Lipinski definition) is 1. The molecule has 0 saturated carbocycles. The highest BCUT2D eigenvalue weighted by atomic mass is 79.9. The highest BCUT2D eigenvalue weighted by molar-refractivity contribution is 9.10. The number of hydrazine groups is 1. The van der Waals surface area contributed by atoms with E-state index in [2.05, 4.69) is 21.2 Å². The van der Waals surface area contributed by atoms with Crippen molar-refractivity contribution >= 4 is 33.7 Å². The van der Waals surface area contributed by atoms with E-state index in [0.717, 1.165) is 15.6 Å². The molecule has 2 atom stereocenters. The number of imide groups is 1. The first-order valence-corrected chi connectivity index (χ1v) is 11.6. The molecule has 6 nitrogen and oxygen atoms in total. The quantitative estimate of drug-likeness (QED) is 0.536. The number of halogens is 1. The van der Waals surface area contributed by atoms with Crippen molar-refractivity contribution in [3.63, 3.8) is 0 Å². The molecule has 2 aliphatic heterocycles. The smallest absolute Gasteiger partial charge is 0.272 e. The van der Waals surface area contributed by atoms with Gasteiger partial charge in [-0.1, -0.05) is 82.7 Å². The summed E-state index contributed by atoms with van der Waals surface area (Å²) < 4.78 is 0.815. The van der Waals surface area contributed by atoms with Crippen LogP contribution in [0.1, 0.15) is 33.9 Å². The number of nitrogens with zero attached hydrogens (tertiary/aromatic N) is 2. The Bertz CT molecular complexity index is 1220. The van der Waals surface area contributed by atoms with Crippen LogP contribution in [0, 0.1) is 0 Å². The molecule has 0 spiro atoms. The lowest BCUT2D eigenvalue weighted by atomic mass is 9.79. The molecule has 3 aromatic carbocycles. The van der Waals surface area contributed by atoms with Crippen LogP contribution in [-0.4, -0.2) is 39.8 Å². The maximum Gasteiger partial charge on any atom is 0.272 e. The highest BCUT2D eigenvalue weighted by Crippen LogP contribution is 2.47. The van der Waals surface area contributed by atoms with Crippen molar-refractivity contribution < 1.29 is 14.4 Å². The second-order valence-electron chi connectivity index (χ2n) is 8.30. The average molecular weight is 504 g/mol. The predicted molar refractivity (Wildman–Crippen MR) is 127 cm³/mol. The summed E-state index contributed by atoms with van der Waals surface area (Å²) in [5.41, 5.74) is 0.823. The number of fused-ring (bicyclic) bond motifs is 1. The minimum atomic E-state index is -1.37. The fraction of sp³-hybridized carbons (Fsp3) is 0.192. The third-order valence-electron chi connectivity index (χ3n) is 6.28. The second-order valence-corrected chi connectivity index (χ2v) is 9.16. The number of carbonyl (C=O) groups excluding carboxylic acids is 3. The highest BCUT2D eigenvalue weighted by Gasteiger charge is 2.63. The predicted octanol–water partition coefficient (Wildman–Crippen LogP) is 3.89. The minimum Gasteiger partial charge on any atom is -0.336 e. The first-order chi connectivity index (χ1) is 16.0. The SMILES string of the molecule is O=C(N[C@]1(Cc2ccccc2)C(=O)N2C(=O)CCN2[C@H]1c1ccccc1Br)c1ccccc1. The van der Waals surface area contributed by atoms with Gasteiger partial charge in [-0.3, -0.25) is 14.4 Å². The van der Waals surface area contributed by atoms with Crippen molar-refractivity contribution in [3.05, 3.63) is 106 Å². The molecule has 2 saturated heterocycles. The summed E-state index contributed by atoms with van der Waals surface area (Å²) in [4.78, 5) is 40.2. The van der Waals surface area contributed by atoms with Crippen LogP contribution >= 0.6 is 15.9 Å². The van der Waals surface area contributed by atoms with Crippen molar-refractivity contribution in [2.24, 2.45) is 0 Å². The van der Waals surface area contributed by atoms with Gasteiger partial charge in [0.2, 0.25) is 5.91 Å². The van der Waals surface area contributed by atoms with Gasteiger partial charge in [0.15, 0.2) is 0 Å². The molecule has 2 fully saturated rings. The van der Waals surface area contributed by atoms with E-state index < -0.39 is 17.5 Å². The van der Waals surface area contributed by atoms with E-state index in [0.29, 0.717) is 12.1 Å². The van der Waals surface area contributed by atoms with Gasteiger partial charge in [0.25, 0.3) is 11.8 Å². The summed E-state index contributed by atoms with van der Waals surface area (Å²) in [5.74, 6) is -1.01. The van der Waals surface area contributed by atoms with Gasteiger partial charge in [-0.15, -0.1) is 0 Å². The Morgan fingerprint density at radius 1 is 0.939 bits per heavy atom. The summed E-state index contributed by atoms with van der Waals surface area (Å²) in [6.07, 6.45) is 0.512. The van der Waals surface area contributed by atoms with E-state index in [-0.39, 0.29) is 24.7 Å². The fourth-order valence-electron chi connectivity index (χ4n) is 4.84. The summed E-state index contributed by atoms with van der Waals surface area (Å²) in [6, 6.07) is 25.5. The lowest BCUT2D eigenvalue weighted by molar-refractivity contribution is -0.150. The molecule has 0 aliphatic carbocycles. The van der Waals surface area contributed by atoms with Crippen molar-refractivity contribution in [2.75, 3.05) is 6.54 Å². The largest absolute Gasteiger partial charge is 0.336 e. The molecule has 0 unspecified atom stereocenters. The van der Waals surface area contributed by atoms with Crippen molar-refractivity contribution in [3.8, 4) is 0 Å². The molecule has 1 N–H and O–H groups in total. The molecule has 0 radical (unpaired) electrons. The van der Waals surface area contributed by atoms with Crippen LogP contribution in [0.25, 0.3) is 0 Å². The van der Waals surface area contributed by atoms with Crippen LogP contribution in [-0.2, 0) is 16.0 Å². The minimum absolute atomic E-state index is 0.248. The monoisotopic (exact) mass is 503 g/mol. The number of benzene rings is 3. The third-order valence-corrected chi connectivity index (χ3v) is 7.01. The van der Waals surface area contributed by atoms with Gasteiger partial charge >= 0.3 is 0 Å². The second kappa shape index (κ2) is 8.57. The molecule has 2 heterocycles. The average Bonchev–Trinajstić information content (AvgIpc) is 3.31. The molecule has 2 aliphatic rings. The first kappa shape index (κ1) is 21.6. The molecular formula is C26H22BrN3O3. The number of nitrogens with one attached hydrogen (secondary N) is 1. The Kier molecular flexibility index (Phi) is 5.60. The normalized spacial score (nSPS) is 22.5. The van der Waals surface area contributed by atoms with Crippen molar-refractivity contribution in [2.45, 2.75) is 24.4 Å². The molecule has 3 aromatic rings. The summed E-state index contributed by atoms with van der Waals surface area (Å²) in [7, 11) is 0. The standard InChI is InChI=1S/C26H22BrN3O3/c27-21-14-8-7-13-20(21)23-26(17-18-9-3-1-4-10-18,25(33)30-22(31)15-16-29(23)30)28-24(32)19-11-5-2-6-12-19/h1-14,23H,15-17H2,(H,28,32)/t23-,26-/m0/s1. The first-order valence-electron chi connectivity index (χ1n) is 10.8. The van der Waals surface area contributed by atoms with Gasteiger partial charge < -0.3 is 5.32 Å². The van der Waals surface area contributed by atoms with Gasteiger partial charge in [0, 0.05) is 29.4 Å². The molecule has 0 bridgehead atoms. The van der Waals surface area contributed by atoms with E-state index in [1.54, 1.807) is 29.3 Å². The topological polar surface area (TPSA) is 69.7 Å². The maximum absolute atomic E-state index is 14.0. The third kappa shape index (κ3) is 3.67. The van der Waals surface area contributed by atoms with E-state index >= 15 is 0 Å². The van der Waals surface area contributed by atoms with Crippen LogP contribution in [0.2, 0.25) is 0 Å². The van der Waals surface area contributed by atoms with Gasteiger partial charge in [-0.25, -0.2) is 10.0 Å². The molecule has 33 heavy (non-hydrogen) atoms. The fourth-order valence-corrected chi connectivity index (χ4v) is 5.34. The summed E-state index contributed by atoms with van der Waals surface area (Å²) in [5, 5.41) is 6.13. The van der Waals surface area contributed by atoms with Crippen molar-refractivity contribution in [1.29, 1.82) is 0 Å². The van der Waals surface area contributed by atoms with E-state index in [9.17, 15) is 14.4 Å². The molecule has 7 heteroatoms. The molecular weight excluding hydrogens is 482 g/mol. The van der Waals surface area contributed by atoms with Crippen LogP contribution in [0.3, 0.4) is 0 Å². The van der Waals surface area contributed by atoms with Gasteiger partial charge in [-0.05, 0) is 29.3 Å². The lowest BCUT2D eigenvalue weighted by Gasteiger charge is -2.36. The Labute approximate surface area is 200 Å². The number of amides is 3. The number of rotatable bonds is 5. The van der Waals surface area contributed by atoms with E-state index in [1.807, 2.05) is 60.7 Å². The zero-order valence-corrected chi connectivity index (χ0v) is 19.4. The maximum atomic E-state index is 14.0. The van der Waals surface area contributed by atoms with E-state index in [4.69, 9.17) is 0 Å². The molecule has 5 rings (SSSR count).